The van der Waals surface area contributed by atoms with Gasteiger partial charge in [0.05, 0.1) is 44.3 Å². The summed E-state index contributed by atoms with van der Waals surface area (Å²) in [4.78, 5) is 27.3. The zero-order chi connectivity index (χ0) is 28.3. The summed E-state index contributed by atoms with van der Waals surface area (Å²) in [7, 11) is -0.348. The van der Waals surface area contributed by atoms with Gasteiger partial charge in [0.25, 0.3) is 10.0 Å². The highest BCUT2D eigenvalue weighted by atomic mass is 35.5. The molecule has 0 saturated heterocycles. The number of ether oxygens (including phenoxy) is 4. The number of para-hydroxylation sites is 2. The number of esters is 1. The van der Waals surface area contributed by atoms with Crippen LogP contribution in [0, 0.1) is 6.92 Å². The monoisotopic (exact) mass is 574 g/mol. The number of fused-ring (bicyclic) bond motifs is 1. The number of aryl methyl sites for hydroxylation is 1. The molecule has 0 N–H and O–H groups in total. The molecule has 0 unspecified atom stereocenters. The lowest BCUT2D eigenvalue weighted by molar-refractivity contribution is -0.148. The Labute approximate surface area is 231 Å². The molecule has 0 fully saturated rings. The first-order valence-corrected chi connectivity index (χ1v) is 13.6. The van der Waals surface area contributed by atoms with Gasteiger partial charge in [-0.05, 0) is 55.0 Å². The van der Waals surface area contributed by atoms with Gasteiger partial charge in [-0.2, -0.15) is 0 Å². The Bertz CT molecular complexity index is 1510. The molecule has 1 aliphatic heterocycles. The molecule has 0 aliphatic carbocycles. The fourth-order valence-corrected chi connectivity index (χ4v) is 6.06. The third-order valence-electron chi connectivity index (χ3n) is 6.13. The SMILES string of the molecule is COC(=O)[C@@H]1CN(C(=O)CN(c2ccc(OC)c(Cl)c2)S(=O)(=O)c2cc(C)ccc2OC)c2ccccc2O1. The van der Waals surface area contributed by atoms with Gasteiger partial charge in [-0.3, -0.25) is 9.10 Å². The lowest BCUT2D eigenvalue weighted by atomic mass is 10.2. The first kappa shape index (κ1) is 28.1. The maximum atomic E-state index is 14.1. The number of hydrogen-bond donors (Lipinski definition) is 0. The van der Waals surface area contributed by atoms with Crippen LogP contribution in [0.25, 0.3) is 0 Å². The fraction of sp³-hybridized carbons (Fsp3) is 0.259. The van der Waals surface area contributed by atoms with Crippen molar-refractivity contribution < 1.29 is 37.0 Å². The lowest BCUT2D eigenvalue weighted by Gasteiger charge is -2.35. The summed E-state index contributed by atoms with van der Waals surface area (Å²) >= 11 is 6.34. The molecule has 0 aromatic heterocycles. The molecule has 1 atom stereocenters. The van der Waals surface area contributed by atoms with Crippen molar-refractivity contribution in [3.63, 3.8) is 0 Å². The first-order chi connectivity index (χ1) is 18.6. The summed E-state index contributed by atoms with van der Waals surface area (Å²) in [6.07, 6.45) is -1.09. The van der Waals surface area contributed by atoms with Crippen molar-refractivity contribution in [2.75, 3.05) is 43.6 Å². The number of sulfonamides is 1. The van der Waals surface area contributed by atoms with Crippen molar-refractivity contribution >= 4 is 44.9 Å². The normalized spacial score (nSPS) is 14.6. The van der Waals surface area contributed by atoms with Crippen LogP contribution in [0.1, 0.15) is 5.56 Å². The summed E-state index contributed by atoms with van der Waals surface area (Å²) in [5.74, 6) is -0.546. The fourth-order valence-electron chi connectivity index (χ4n) is 4.16. The van der Waals surface area contributed by atoms with E-state index in [4.69, 9.17) is 30.5 Å². The van der Waals surface area contributed by atoms with Crippen molar-refractivity contribution in [3.05, 3.63) is 71.2 Å². The van der Waals surface area contributed by atoms with Gasteiger partial charge in [0.15, 0.2) is 0 Å². The number of amides is 1. The Morgan fingerprint density at radius 2 is 1.72 bits per heavy atom. The molecule has 39 heavy (non-hydrogen) atoms. The highest BCUT2D eigenvalue weighted by molar-refractivity contribution is 7.93. The molecule has 0 saturated carbocycles. The van der Waals surface area contributed by atoms with Crippen molar-refractivity contribution in [2.24, 2.45) is 0 Å². The quantitative estimate of drug-likeness (QED) is 0.373. The highest BCUT2D eigenvalue weighted by Crippen LogP contribution is 2.37. The van der Waals surface area contributed by atoms with Crippen molar-refractivity contribution in [1.82, 2.24) is 0 Å². The Morgan fingerprint density at radius 3 is 2.38 bits per heavy atom. The Hall–Kier alpha value is -3.96. The molecule has 4 rings (SSSR count). The van der Waals surface area contributed by atoms with Crippen LogP contribution in [-0.4, -0.2) is 60.8 Å². The van der Waals surface area contributed by atoms with E-state index in [1.165, 1.54) is 50.5 Å². The number of anilines is 2. The second-order valence-corrected chi connectivity index (χ2v) is 10.8. The van der Waals surface area contributed by atoms with Gasteiger partial charge in [-0.1, -0.05) is 29.8 Å². The maximum absolute atomic E-state index is 14.1. The van der Waals surface area contributed by atoms with Gasteiger partial charge < -0.3 is 23.8 Å². The Morgan fingerprint density at radius 1 is 1.03 bits per heavy atom. The molecular weight excluding hydrogens is 548 g/mol. The number of rotatable bonds is 8. The van der Waals surface area contributed by atoms with Crippen LogP contribution in [-0.2, 0) is 24.3 Å². The topological polar surface area (TPSA) is 112 Å². The van der Waals surface area contributed by atoms with Crippen LogP contribution in [0.5, 0.6) is 17.2 Å². The minimum Gasteiger partial charge on any atom is -0.495 e. The van der Waals surface area contributed by atoms with E-state index in [1.807, 2.05) is 0 Å². The van der Waals surface area contributed by atoms with Crippen molar-refractivity contribution in [2.45, 2.75) is 17.9 Å². The van der Waals surface area contributed by atoms with Gasteiger partial charge in [0.2, 0.25) is 12.0 Å². The highest BCUT2D eigenvalue weighted by Gasteiger charge is 2.37. The Balaban J connectivity index is 1.81. The van der Waals surface area contributed by atoms with Crippen molar-refractivity contribution in [1.29, 1.82) is 0 Å². The number of hydrogen-bond acceptors (Lipinski definition) is 8. The second-order valence-electron chi connectivity index (χ2n) is 8.59. The van der Waals surface area contributed by atoms with E-state index in [2.05, 4.69) is 0 Å². The van der Waals surface area contributed by atoms with Gasteiger partial charge >= 0.3 is 5.97 Å². The molecule has 12 heteroatoms. The summed E-state index contributed by atoms with van der Waals surface area (Å²) in [5.41, 5.74) is 1.20. The third-order valence-corrected chi connectivity index (χ3v) is 8.22. The van der Waals surface area contributed by atoms with Crippen LogP contribution in [0.4, 0.5) is 11.4 Å². The van der Waals surface area contributed by atoms with E-state index in [0.717, 1.165) is 4.31 Å². The molecule has 3 aromatic rings. The van der Waals surface area contributed by atoms with E-state index in [0.29, 0.717) is 17.0 Å². The summed E-state index contributed by atoms with van der Waals surface area (Å²) in [6.45, 7) is 0.952. The predicted molar refractivity (Wildman–Crippen MR) is 145 cm³/mol. The molecule has 206 valence electrons. The van der Waals surface area contributed by atoms with Crippen molar-refractivity contribution in [3.8, 4) is 17.2 Å². The van der Waals surface area contributed by atoms with Gasteiger partial charge in [-0.25, -0.2) is 13.2 Å². The average molecular weight is 575 g/mol. The van der Waals surface area contributed by atoms with E-state index in [9.17, 15) is 18.0 Å². The zero-order valence-electron chi connectivity index (χ0n) is 21.7. The van der Waals surface area contributed by atoms with Crippen LogP contribution in [0.15, 0.2) is 65.6 Å². The predicted octanol–water partition coefficient (Wildman–Crippen LogP) is 3.83. The number of carbonyl (C=O) groups excluding carboxylic acids is 2. The molecule has 1 aliphatic rings. The molecule has 1 amide bonds. The number of benzene rings is 3. The van der Waals surface area contributed by atoms with Crippen LogP contribution < -0.4 is 23.4 Å². The number of halogens is 1. The first-order valence-electron chi connectivity index (χ1n) is 11.8. The molecule has 0 radical (unpaired) electrons. The van der Waals surface area contributed by atoms with E-state index in [-0.39, 0.29) is 33.6 Å². The number of methoxy groups -OCH3 is 3. The number of carbonyl (C=O) groups is 2. The smallest absolute Gasteiger partial charge is 0.348 e. The van der Waals surface area contributed by atoms with E-state index in [1.54, 1.807) is 43.3 Å². The molecule has 0 spiro atoms. The number of nitrogens with zero attached hydrogens (tertiary/aromatic N) is 2. The minimum atomic E-state index is -4.36. The largest absolute Gasteiger partial charge is 0.495 e. The summed E-state index contributed by atoms with van der Waals surface area (Å²) in [5, 5.41) is 0.154. The minimum absolute atomic E-state index is 0.111. The summed E-state index contributed by atoms with van der Waals surface area (Å²) < 4.78 is 50.3. The van der Waals surface area contributed by atoms with Crippen LogP contribution >= 0.6 is 11.6 Å². The third kappa shape index (κ3) is 5.59. The molecule has 0 bridgehead atoms. The van der Waals surface area contributed by atoms with E-state index < -0.39 is 34.5 Å². The van der Waals surface area contributed by atoms with E-state index >= 15 is 0 Å². The molecular formula is C27H27ClN2O8S. The molecule has 1 heterocycles. The van der Waals surface area contributed by atoms with Crippen LogP contribution in [0.3, 0.4) is 0 Å². The molecule has 10 nitrogen and oxygen atoms in total. The lowest BCUT2D eigenvalue weighted by Crippen LogP contribution is -2.51. The standard InChI is InChI=1S/C27H27ClN2O8S/c1-17-9-11-23(36-3)25(13-17)39(33,34)30(18-10-12-21(35-2)19(28)14-18)16-26(31)29-15-24(27(32)37-4)38-22-8-6-5-7-20(22)29/h5-14,24H,15-16H2,1-4H3/t24-/m0/s1. The van der Waals surface area contributed by atoms with Gasteiger partial charge in [-0.15, -0.1) is 0 Å². The average Bonchev–Trinajstić information content (AvgIpc) is 2.94. The van der Waals surface area contributed by atoms with Gasteiger partial charge in [0, 0.05) is 0 Å². The molecule has 3 aromatic carbocycles. The zero-order valence-corrected chi connectivity index (χ0v) is 23.3. The maximum Gasteiger partial charge on any atom is 0.348 e. The van der Waals surface area contributed by atoms with Gasteiger partial charge in [0.1, 0.15) is 28.7 Å². The summed E-state index contributed by atoms with van der Waals surface area (Å²) in [6, 6.07) is 15.8. The van der Waals surface area contributed by atoms with Crippen LogP contribution in [0.2, 0.25) is 5.02 Å². The Kier molecular flexibility index (Phi) is 8.22. The second kappa shape index (κ2) is 11.4.